The average molecular weight is 239 g/mol. The average Bonchev–Trinajstić information content (AvgIpc) is 2.32. The van der Waals surface area contributed by atoms with Crippen LogP contribution < -0.4 is 5.32 Å². The number of nitrogens with one attached hydrogen (secondary N) is 1. The van der Waals surface area contributed by atoms with Gasteiger partial charge in [-0.15, -0.1) is 0 Å². The van der Waals surface area contributed by atoms with Crippen LogP contribution in [0.4, 0.5) is 8.78 Å². The van der Waals surface area contributed by atoms with Crippen LogP contribution >= 0.6 is 0 Å². The zero-order valence-electron chi connectivity index (χ0n) is 10.2. The van der Waals surface area contributed by atoms with Crippen molar-refractivity contribution < 1.29 is 8.78 Å². The van der Waals surface area contributed by atoms with E-state index in [9.17, 15) is 8.78 Å². The van der Waals surface area contributed by atoms with Gasteiger partial charge in [-0.3, -0.25) is 0 Å². The Morgan fingerprint density at radius 2 is 1.94 bits per heavy atom. The molecule has 0 amide bonds. The van der Waals surface area contributed by atoms with E-state index in [1.54, 1.807) is 6.07 Å². The van der Waals surface area contributed by atoms with Gasteiger partial charge in [0.1, 0.15) is 0 Å². The van der Waals surface area contributed by atoms with Gasteiger partial charge in [-0.2, -0.15) is 0 Å². The second-order valence-electron chi connectivity index (χ2n) is 5.00. The number of rotatable bonds is 3. The number of benzene rings is 1. The van der Waals surface area contributed by atoms with Crippen LogP contribution in [0, 0.1) is 17.6 Å². The topological polar surface area (TPSA) is 12.0 Å². The largest absolute Gasteiger partial charge is 0.310 e. The molecule has 1 aromatic rings. The van der Waals surface area contributed by atoms with Crippen LogP contribution in [0.15, 0.2) is 18.2 Å². The van der Waals surface area contributed by atoms with E-state index < -0.39 is 11.6 Å². The van der Waals surface area contributed by atoms with Crippen LogP contribution in [0.25, 0.3) is 0 Å². The fourth-order valence-electron chi connectivity index (χ4n) is 2.52. The van der Waals surface area contributed by atoms with E-state index in [0.29, 0.717) is 18.5 Å². The highest BCUT2D eigenvalue weighted by Gasteiger charge is 2.20. The molecule has 1 saturated carbocycles. The molecular weight excluding hydrogens is 220 g/mol. The van der Waals surface area contributed by atoms with Crippen molar-refractivity contribution in [1.29, 1.82) is 0 Å². The molecule has 1 nitrogen and oxygen atoms in total. The van der Waals surface area contributed by atoms with Gasteiger partial charge >= 0.3 is 0 Å². The maximum absolute atomic E-state index is 13.0. The van der Waals surface area contributed by atoms with Gasteiger partial charge in [0.25, 0.3) is 0 Å². The van der Waals surface area contributed by atoms with Crippen LogP contribution in [0.2, 0.25) is 0 Å². The van der Waals surface area contributed by atoms with E-state index in [4.69, 9.17) is 0 Å². The third-order valence-electron chi connectivity index (χ3n) is 3.66. The lowest BCUT2D eigenvalue weighted by atomic mass is 9.86. The molecule has 3 heteroatoms. The molecule has 0 spiro atoms. The minimum Gasteiger partial charge on any atom is -0.310 e. The molecule has 0 bridgehead atoms. The van der Waals surface area contributed by atoms with Crippen molar-refractivity contribution >= 4 is 0 Å². The van der Waals surface area contributed by atoms with Crippen molar-refractivity contribution in [3.05, 3.63) is 35.4 Å². The zero-order chi connectivity index (χ0) is 12.3. The smallest absolute Gasteiger partial charge is 0.159 e. The second kappa shape index (κ2) is 5.58. The molecule has 0 heterocycles. The van der Waals surface area contributed by atoms with Crippen molar-refractivity contribution in [1.82, 2.24) is 5.32 Å². The molecule has 0 radical (unpaired) electrons. The summed E-state index contributed by atoms with van der Waals surface area (Å²) in [6, 6.07) is 4.61. The highest BCUT2D eigenvalue weighted by atomic mass is 19.2. The number of hydrogen-bond acceptors (Lipinski definition) is 1. The summed E-state index contributed by atoms with van der Waals surface area (Å²) in [7, 11) is 0. The van der Waals surface area contributed by atoms with Gasteiger partial charge in [-0.05, 0) is 36.5 Å². The molecule has 0 saturated heterocycles. The van der Waals surface area contributed by atoms with Crippen molar-refractivity contribution in [2.24, 2.45) is 5.92 Å². The molecule has 94 valence electrons. The molecule has 1 aliphatic carbocycles. The molecule has 1 aromatic carbocycles. The van der Waals surface area contributed by atoms with Crippen molar-refractivity contribution in [3.8, 4) is 0 Å². The molecule has 1 aliphatic rings. The van der Waals surface area contributed by atoms with E-state index in [-0.39, 0.29) is 0 Å². The van der Waals surface area contributed by atoms with Gasteiger partial charge in [0.2, 0.25) is 0 Å². The summed E-state index contributed by atoms with van der Waals surface area (Å²) >= 11 is 0. The molecule has 1 fully saturated rings. The fourth-order valence-corrected chi connectivity index (χ4v) is 2.52. The second-order valence-corrected chi connectivity index (χ2v) is 5.00. The van der Waals surface area contributed by atoms with E-state index in [1.807, 2.05) is 0 Å². The van der Waals surface area contributed by atoms with Gasteiger partial charge < -0.3 is 5.32 Å². The van der Waals surface area contributed by atoms with Crippen LogP contribution in [-0.2, 0) is 6.54 Å². The third-order valence-corrected chi connectivity index (χ3v) is 3.66. The minimum absolute atomic E-state index is 0.511. The van der Waals surface area contributed by atoms with E-state index in [0.717, 1.165) is 5.56 Å². The predicted molar refractivity (Wildman–Crippen MR) is 64.6 cm³/mol. The molecule has 0 aliphatic heterocycles. The van der Waals surface area contributed by atoms with Gasteiger partial charge in [0.05, 0.1) is 0 Å². The lowest BCUT2D eigenvalue weighted by Gasteiger charge is -2.29. The quantitative estimate of drug-likeness (QED) is 0.849. The molecule has 17 heavy (non-hydrogen) atoms. The number of halogens is 2. The van der Waals surface area contributed by atoms with Crippen molar-refractivity contribution in [3.63, 3.8) is 0 Å². The highest BCUT2D eigenvalue weighted by Crippen LogP contribution is 2.24. The number of hydrogen-bond donors (Lipinski definition) is 1. The Balaban J connectivity index is 1.90. The molecule has 0 aromatic heterocycles. The normalized spacial score (nSPS) is 24.9. The Labute approximate surface area is 101 Å². The first-order valence-electron chi connectivity index (χ1n) is 6.34. The summed E-state index contributed by atoms with van der Waals surface area (Å²) < 4.78 is 25.8. The monoisotopic (exact) mass is 239 g/mol. The fraction of sp³-hybridized carbons (Fsp3) is 0.571. The maximum atomic E-state index is 13.0. The minimum atomic E-state index is -0.778. The first-order valence-corrected chi connectivity index (χ1v) is 6.34. The summed E-state index contributed by atoms with van der Waals surface area (Å²) in [4.78, 5) is 0. The summed E-state index contributed by atoms with van der Waals surface area (Å²) in [6.45, 7) is 2.87. The third kappa shape index (κ3) is 3.25. The zero-order valence-corrected chi connectivity index (χ0v) is 10.2. The molecule has 2 rings (SSSR count). The van der Waals surface area contributed by atoms with Gasteiger partial charge in [-0.25, -0.2) is 8.78 Å². The van der Waals surface area contributed by atoms with E-state index in [2.05, 4.69) is 12.2 Å². The van der Waals surface area contributed by atoms with Crippen molar-refractivity contribution in [2.75, 3.05) is 0 Å². The van der Waals surface area contributed by atoms with Crippen molar-refractivity contribution in [2.45, 2.75) is 45.2 Å². The van der Waals surface area contributed by atoms with E-state index in [1.165, 1.54) is 37.8 Å². The summed E-state index contributed by atoms with van der Waals surface area (Å²) in [5.74, 6) is -0.866. The Hall–Kier alpha value is -0.960. The Morgan fingerprint density at radius 3 is 2.65 bits per heavy atom. The molecule has 1 N–H and O–H groups in total. The van der Waals surface area contributed by atoms with Crippen LogP contribution in [-0.4, -0.2) is 6.04 Å². The molecule has 2 unspecified atom stereocenters. The van der Waals surface area contributed by atoms with Crippen LogP contribution in [0.3, 0.4) is 0 Å². The SMILES string of the molecule is CC1CCCCC1NCc1ccc(F)c(F)c1. The lowest BCUT2D eigenvalue weighted by Crippen LogP contribution is -2.36. The Kier molecular flexibility index (Phi) is 4.11. The van der Waals surface area contributed by atoms with Gasteiger partial charge in [0, 0.05) is 12.6 Å². The summed E-state index contributed by atoms with van der Waals surface area (Å²) in [6.07, 6.45) is 5.02. The first-order chi connectivity index (χ1) is 8.16. The Morgan fingerprint density at radius 1 is 1.18 bits per heavy atom. The lowest BCUT2D eigenvalue weighted by molar-refractivity contribution is 0.279. The summed E-state index contributed by atoms with van der Waals surface area (Å²) in [5.41, 5.74) is 0.807. The van der Waals surface area contributed by atoms with Gasteiger partial charge in [0.15, 0.2) is 11.6 Å². The standard InChI is InChI=1S/C14H19F2N/c1-10-4-2-3-5-14(10)17-9-11-6-7-12(15)13(16)8-11/h6-8,10,14,17H,2-5,9H2,1H3. The van der Waals surface area contributed by atoms with E-state index >= 15 is 0 Å². The van der Waals surface area contributed by atoms with Gasteiger partial charge in [-0.1, -0.05) is 25.8 Å². The molecule has 2 atom stereocenters. The summed E-state index contributed by atoms with van der Waals surface area (Å²) in [5, 5.41) is 3.45. The Bertz CT molecular complexity index is 378. The van der Waals surface area contributed by atoms with Crippen LogP contribution in [0.1, 0.15) is 38.2 Å². The maximum Gasteiger partial charge on any atom is 0.159 e. The predicted octanol–water partition coefficient (Wildman–Crippen LogP) is 3.63. The molecular formula is C14H19F2N. The first kappa shape index (κ1) is 12.5. The highest BCUT2D eigenvalue weighted by molar-refractivity contribution is 5.17. The van der Waals surface area contributed by atoms with Crippen LogP contribution in [0.5, 0.6) is 0 Å².